The van der Waals surface area contributed by atoms with Gasteiger partial charge in [-0.15, -0.1) is 0 Å². The summed E-state index contributed by atoms with van der Waals surface area (Å²) in [5.74, 6) is -32.3. The molecule has 3 atom stereocenters. The van der Waals surface area contributed by atoms with Crippen molar-refractivity contribution >= 4 is 18.1 Å². The zero-order valence-corrected chi connectivity index (χ0v) is 16.3. The van der Waals surface area contributed by atoms with Gasteiger partial charge in [0.15, 0.2) is 12.0 Å². The van der Waals surface area contributed by atoms with Crippen LogP contribution in [0.4, 0.5) is 57.1 Å². The zero-order valence-electron chi connectivity index (χ0n) is 13.8. The maximum atomic E-state index is 13.9. The smallest absolute Gasteiger partial charge is 0.381 e. The van der Waals surface area contributed by atoms with E-state index in [4.69, 9.17) is 0 Å². The fourth-order valence-corrected chi connectivity index (χ4v) is 6.58. The number of hydrogen-bond donors (Lipinski definition) is 0. The molecule has 0 aromatic heterocycles. The van der Waals surface area contributed by atoms with Crippen molar-refractivity contribution in [3.63, 3.8) is 0 Å². The first-order valence-electron chi connectivity index (χ1n) is 7.09. The van der Waals surface area contributed by atoms with Gasteiger partial charge in [-0.05, 0) is 13.1 Å². The first-order chi connectivity index (χ1) is 11.7. The summed E-state index contributed by atoms with van der Waals surface area (Å²) in [5, 5.41) is 0. The molecule has 0 fully saturated rings. The van der Waals surface area contributed by atoms with Crippen LogP contribution in [0.25, 0.3) is 0 Å². The first kappa shape index (κ1) is 26.5. The van der Waals surface area contributed by atoms with Crippen molar-refractivity contribution in [1.82, 2.24) is 0 Å². The quantitative estimate of drug-likeness (QED) is 0.335. The molecule has 0 aliphatic rings. The Morgan fingerprint density at radius 1 is 0.741 bits per heavy atom. The van der Waals surface area contributed by atoms with Crippen LogP contribution in [0.5, 0.6) is 0 Å². The summed E-state index contributed by atoms with van der Waals surface area (Å²) in [6.07, 6.45) is -14.6. The van der Waals surface area contributed by atoms with Crippen LogP contribution in [0.15, 0.2) is 0 Å². The van der Waals surface area contributed by atoms with Crippen molar-refractivity contribution in [2.75, 3.05) is 0 Å². The summed E-state index contributed by atoms with van der Waals surface area (Å²) in [6.45, 7) is 2.42. The molecule has 0 N–H and O–H groups in total. The summed E-state index contributed by atoms with van der Waals surface area (Å²) < 4.78 is 176. The minimum Gasteiger partial charge on any atom is -0.459 e. The van der Waals surface area contributed by atoms with Gasteiger partial charge in [0.1, 0.15) is 9.76 Å². The summed E-state index contributed by atoms with van der Waals surface area (Å²) in [4.78, 5) is 0. The second kappa shape index (κ2) is 8.08. The van der Waals surface area contributed by atoms with Crippen LogP contribution in [0.1, 0.15) is 0 Å². The molecular formula is C11H15F13OSi2. The largest absolute Gasteiger partial charge is 0.459 e. The highest BCUT2D eigenvalue weighted by atomic mass is 28.4. The molecule has 3 unspecified atom stereocenters. The highest BCUT2D eigenvalue weighted by Gasteiger charge is 2.85. The summed E-state index contributed by atoms with van der Waals surface area (Å²) in [6, 6.07) is 0. The number of rotatable bonds is 10. The first-order valence-corrected chi connectivity index (χ1v) is 12.1. The van der Waals surface area contributed by atoms with Crippen LogP contribution < -0.4 is 0 Å². The number of alkyl halides is 13. The third-order valence-corrected chi connectivity index (χ3v) is 9.26. The van der Waals surface area contributed by atoms with Crippen LogP contribution in [0.2, 0.25) is 19.6 Å². The summed E-state index contributed by atoms with van der Waals surface area (Å²) >= 11 is 0. The van der Waals surface area contributed by atoms with Crippen molar-refractivity contribution in [2.45, 2.75) is 67.9 Å². The molecule has 0 aliphatic carbocycles. The summed E-state index contributed by atoms with van der Waals surface area (Å²) in [5.41, 5.74) is 0. The predicted molar refractivity (Wildman–Crippen MR) is 73.5 cm³/mol. The Balaban J connectivity index is 6.14. The highest BCUT2D eigenvalue weighted by molar-refractivity contribution is 6.76. The molecule has 0 rings (SSSR count). The Bertz CT molecular complexity index is 499. The van der Waals surface area contributed by atoms with E-state index in [1.54, 1.807) is 0 Å². The van der Waals surface area contributed by atoms with Crippen molar-refractivity contribution < 1.29 is 61.2 Å². The molecule has 164 valence electrons. The molecule has 0 heterocycles. The molecule has 1 nitrogen and oxygen atoms in total. The van der Waals surface area contributed by atoms with E-state index in [-0.39, 0.29) is 0 Å². The van der Waals surface area contributed by atoms with E-state index in [0.717, 1.165) is 0 Å². The van der Waals surface area contributed by atoms with Crippen molar-refractivity contribution in [3.8, 4) is 0 Å². The zero-order chi connectivity index (χ0) is 22.2. The molecular weight excluding hydrogens is 451 g/mol. The van der Waals surface area contributed by atoms with Crippen LogP contribution in [-0.4, -0.2) is 66.3 Å². The maximum Gasteiger partial charge on any atom is 0.381 e. The van der Waals surface area contributed by atoms with Gasteiger partial charge in [0.2, 0.25) is 14.5 Å². The van der Waals surface area contributed by atoms with E-state index in [9.17, 15) is 57.1 Å². The fraction of sp³-hybridized carbons (Fsp3) is 1.00. The Kier molecular flexibility index (Phi) is 7.92. The Morgan fingerprint density at radius 3 is 1.44 bits per heavy atom. The van der Waals surface area contributed by atoms with Gasteiger partial charge in [-0.25, -0.2) is 22.0 Å². The van der Waals surface area contributed by atoms with Gasteiger partial charge in [0.25, 0.3) is 6.43 Å². The van der Waals surface area contributed by atoms with E-state index >= 15 is 0 Å². The normalized spacial score (nSPS) is 19.0. The highest BCUT2D eigenvalue weighted by Crippen LogP contribution is 2.56. The monoisotopic (exact) mass is 466 g/mol. The Morgan fingerprint density at radius 2 is 1.11 bits per heavy atom. The molecule has 0 saturated carbocycles. The van der Waals surface area contributed by atoms with Crippen LogP contribution in [0, 0.1) is 0 Å². The molecule has 0 saturated heterocycles. The third kappa shape index (κ3) is 4.41. The predicted octanol–water partition coefficient (Wildman–Crippen LogP) is 4.70. The molecule has 27 heavy (non-hydrogen) atoms. The topological polar surface area (TPSA) is 9.23 Å². The van der Waals surface area contributed by atoms with Gasteiger partial charge in [-0.1, -0.05) is 6.55 Å². The summed E-state index contributed by atoms with van der Waals surface area (Å²) in [7, 11) is -6.17. The second-order valence-corrected chi connectivity index (χ2v) is 11.4. The van der Waals surface area contributed by atoms with Crippen LogP contribution in [-0.2, 0) is 4.12 Å². The minimum absolute atomic E-state index is 0.584. The lowest BCUT2D eigenvalue weighted by Crippen LogP contribution is -2.70. The lowest BCUT2D eigenvalue weighted by molar-refractivity contribution is -0.383. The standard InChI is InChI=1S/C11H15F13OSi2/c1-26-25-27(2,3)7(16)9(19,20)11(23,24)10(21,22)8(17,18)5(13)4(12)6(14)15/h4-7H,26H2,1-3H3. The van der Waals surface area contributed by atoms with E-state index in [2.05, 4.69) is 4.12 Å². The van der Waals surface area contributed by atoms with E-state index in [1.165, 1.54) is 6.55 Å². The van der Waals surface area contributed by atoms with Gasteiger partial charge < -0.3 is 4.12 Å². The molecule has 0 bridgehead atoms. The lowest BCUT2D eigenvalue weighted by Gasteiger charge is -2.41. The van der Waals surface area contributed by atoms with Gasteiger partial charge in [-0.2, -0.15) is 35.1 Å². The lowest BCUT2D eigenvalue weighted by atomic mass is 9.94. The van der Waals surface area contributed by atoms with Crippen molar-refractivity contribution in [2.24, 2.45) is 0 Å². The van der Waals surface area contributed by atoms with Gasteiger partial charge in [0, 0.05) is 0 Å². The Hall–Kier alpha value is -0.516. The van der Waals surface area contributed by atoms with Gasteiger partial charge in [0.05, 0.1) is 0 Å². The third-order valence-electron chi connectivity index (χ3n) is 3.54. The van der Waals surface area contributed by atoms with Crippen LogP contribution in [0.3, 0.4) is 0 Å². The minimum atomic E-state index is -7.42. The Labute approximate surface area is 148 Å². The van der Waals surface area contributed by atoms with Gasteiger partial charge >= 0.3 is 23.7 Å². The molecule has 0 aliphatic heterocycles. The molecule has 0 aromatic rings. The number of halogens is 13. The average Bonchev–Trinajstić information content (AvgIpc) is 2.51. The van der Waals surface area contributed by atoms with Crippen molar-refractivity contribution in [1.29, 1.82) is 0 Å². The average molecular weight is 466 g/mol. The molecule has 0 radical (unpaired) electrons. The number of hydrogen-bond acceptors (Lipinski definition) is 1. The van der Waals surface area contributed by atoms with E-state index in [0.29, 0.717) is 13.1 Å². The second-order valence-electron chi connectivity index (χ2n) is 5.97. The SMILES string of the molecule is C[SiH2]O[Si](C)(C)C(F)C(F)(F)C(F)(F)C(F)(F)C(F)(F)C(F)C(F)C(F)F. The van der Waals surface area contributed by atoms with E-state index in [1.807, 2.05) is 0 Å². The molecule has 0 spiro atoms. The van der Waals surface area contributed by atoms with Crippen LogP contribution >= 0.6 is 0 Å². The molecule has 0 amide bonds. The molecule has 0 aromatic carbocycles. The maximum absolute atomic E-state index is 13.9. The van der Waals surface area contributed by atoms with E-state index < -0.39 is 66.3 Å². The van der Waals surface area contributed by atoms with Crippen molar-refractivity contribution in [3.05, 3.63) is 0 Å². The fourth-order valence-electron chi connectivity index (χ4n) is 1.96. The van der Waals surface area contributed by atoms with Gasteiger partial charge in [-0.3, -0.25) is 0 Å². The molecule has 16 heteroatoms.